The standard InChI is InChI=1S/C29H38N4O3/c1-3-4-5-9-17-35-18-10-6-11-19-36-26-16-12-15-23-24(28(34)33-29(30)31)20-25(32-27(23)26)22-14-8-7-13-21(22)2/h7-8,12-16,20H,3-6,9-11,17-19H2,1-2H3,(H4,30,31,33,34). The van der Waals surface area contributed by atoms with Gasteiger partial charge < -0.3 is 20.9 Å². The Balaban J connectivity index is 1.72. The van der Waals surface area contributed by atoms with Gasteiger partial charge in [0.15, 0.2) is 5.96 Å². The van der Waals surface area contributed by atoms with Gasteiger partial charge >= 0.3 is 0 Å². The fourth-order valence-electron chi connectivity index (χ4n) is 4.09. The summed E-state index contributed by atoms with van der Waals surface area (Å²) < 4.78 is 11.8. The summed E-state index contributed by atoms with van der Waals surface area (Å²) >= 11 is 0. The first-order valence-electron chi connectivity index (χ1n) is 12.9. The highest BCUT2D eigenvalue weighted by atomic mass is 16.5. The monoisotopic (exact) mass is 490 g/mol. The Hall–Kier alpha value is -3.45. The molecule has 3 rings (SSSR count). The summed E-state index contributed by atoms with van der Waals surface area (Å²) in [6.07, 6.45) is 7.85. The van der Waals surface area contributed by atoms with E-state index in [9.17, 15) is 4.79 Å². The molecule has 4 N–H and O–H groups in total. The normalized spacial score (nSPS) is 10.9. The van der Waals surface area contributed by atoms with Crippen LogP contribution in [0.4, 0.5) is 0 Å². The number of carbonyl (C=O) groups excluding carboxylic acids is 1. The Kier molecular flexibility index (Phi) is 10.7. The molecule has 0 radical (unpaired) electrons. The number of rotatable bonds is 14. The highest BCUT2D eigenvalue weighted by molar-refractivity contribution is 6.11. The third kappa shape index (κ3) is 7.78. The first-order chi connectivity index (χ1) is 17.5. The van der Waals surface area contributed by atoms with Crippen molar-refractivity contribution >= 4 is 22.8 Å². The summed E-state index contributed by atoms with van der Waals surface area (Å²) in [7, 11) is 0. The molecule has 0 spiro atoms. The number of nitrogens with zero attached hydrogens (tertiary/aromatic N) is 2. The molecular weight excluding hydrogens is 452 g/mol. The van der Waals surface area contributed by atoms with Crippen molar-refractivity contribution in [1.29, 1.82) is 0 Å². The highest BCUT2D eigenvalue weighted by Crippen LogP contribution is 2.32. The van der Waals surface area contributed by atoms with Crippen molar-refractivity contribution in [2.45, 2.75) is 58.8 Å². The van der Waals surface area contributed by atoms with Gasteiger partial charge in [-0.05, 0) is 50.3 Å². The zero-order chi connectivity index (χ0) is 25.8. The average Bonchev–Trinajstić information content (AvgIpc) is 2.86. The van der Waals surface area contributed by atoms with Crippen molar-refractivity contribution < 1.29 is 14.3 Å². The molecule has 0 atom stereocenters. The van der Waals surface area contributed by atoms with Gasteiger partial charge in [0.05, 0.1) is 17.9 Å². The van der Waals surface area contributed by atoms with Gasteiger partial charge in [-0.1, -0.05) is 62.6 Å². The molecule has 7 nitrogen and oxygen atoms in total. The number of benzene rings is 2. The van der Waals surface area contributed by atoms with E-state index in [2.05, 4.69) is 11.9 Å². The minimum Gasteiger partial charge on any atom is -0.491 e. The minimum atomic E-state index is -0.510. The number of fused-ring (bicyclic) bond motifs is 1. The molecule has 0 aliphatic heterocycles. The van der Waals surface area contributed by atoms with Crippen LogP contribution >= 0.6 is 0 Å². The lowest BCUT2D eigenvalue weighted by atomic mass is 10.0. The second-order valence-electron chi connectivity index (χ2n) is 8.95. The maximum atomic E-state index is 12.9. The summed E-state index contributed by atoms with van der Waals surface area (Å²) in [5.74, 6) is -0.155. The van der Waals surface area contributed by atoms with Crippen LogP contribution in [-0.4, -0.2) is 36.7 Å². The summed E-state index contributed by atoms with van der Waals surface area (Å²) in [6.45, 7) is 6.42. The van der Waals surface area contributed by atoms with E-state index in [1.807, 2.05) is 49.4 Å². The van der Waals surface area contributed by atoms with Crippen LogP contribution in [0.5, 0.6) is 5.75 Å². The van der Waals surface area contributed by atoms with Crippen LogP contribution in [0.3, 0.4) is 0 Å². The van der Waals surface area contributed by atoms with Crippen molar-refractivity contribution in [3.8, 4) is 17.0 Å². The van der Waals surface area contributed by atoms with E-state index in [1.54, 1.807) is 6.07 Å². The van der Waals surface area contributed by atoms with Crippen molar-refractivity contribution in [1.82, 2.24) is 4.98 Å². The van der Waals surface area contributed by atoms with Crippen LogP contribution in [0.25, 0.3) is 22.2 Å². The summed E-state index contributed by atoms with van der Waals surface area (Å²) in [5, 5.41) is 0.649. The van der Waals surface area contributed by atoms with Crippen LogP contribution < -0.4 is 16.2 Å². The van der Waals surface area contributed by atoms with Crippen molar-refractivity contribution in [2.24, 2.45) is 16.5 Å². The number of hydrogen-bond acceptors (Lipinski definition) is 4. The molecule has 3 aromatic rings. The lowest BCUT2D eigenvalue weighted by Gasteiger charge is -2.13. The molecule has 7 heteroatoms. The second-order valence-corrected chi connectivity index (χ2v) is 8.95. The number of ether oxygens (including phenoxy) is 2. The second kappa shape index (κ2) is 14.2. The molecular formula is C29H38N4O3. The van der Waals surface area contributed by atoms with Gasteiger partial charge in [0.2, 0.25) is 0 Å². The predicted molar refractivity (Wildman–Crippen MR) is 146 cm³/mol. The SMILES string of the molecule is CCCCCCOCCCCCOc1cccc2c(C(=O)N=C(N)N)cc(-c3ccccc3C)nc12. The highest BCUT2D eigenvalue weighted by Gasteiger charge is 2.17. The summed E-state index contributed by atoms with van der Waals surface area (Å²) in [5.41, 5.74) is 14.6. The topological polar surface area (TPSA) is 113 Å². The molecule has 0 aliphatic carbocycles. The van der Waals surface area contributed by atoms with Crippen molar-refractivity contribution in [3.63, 3.8) is 0 Å². The van der Waals surface area contributed by atoms with E-state index in [4.69, 9.17) is 25.9 Å². The number of hydrogen-bond donors (Lipinski definition) is 2. The van der Waals surface area contributed by atoms with Gasteiger partial charge in [0, 0.05) is 24.2 Å². The number of pyridine rings is 1. The molecule has 2 aromatic carbocycles. The van der Waals surface area contributed by atoms with Crippen LogP contribution in [0.1, 0.15) is 67.8 Å². The number of para-hydroxylation sites is 1. The Morgan fingerprint density at radius 1 is 0.917 bits per heavy atom. The third-order valence-electron chi connectivity index (χ3n) is 6.02. The van der Waals surface area contributed by atoms with E-state index in [1.165, 1.54) is 19.3 Å². The zero-order valence-corrected chi connectivity index (χ0v) is 21.5. The molecule has 36 heavy (non-hydrogen) atoms. The average molecular weight is 491 g/mol. The molecule has 0 aliphatic rings. The van der Waals surface area contributed by atoms with E-state index >= 15 is 0 Å². The molecule has 0 saturated carbocycles. The van der Waals surface area contributed by atoms with Crippen molar-refractivity contribution in [2.75, 3.05) is 19.8 Å². The van der Waals surface area contributed by atoms with Gasteiger partial charge in [-0.2, -0.15) is 4.99 Å². The lowest BCUT2D eigenvalue weighted by Crippen LogP contribution is -2.24. The number of guanidine groups is 1. The number of unbranched alkanes of at least 4 members (excludes halogenated alkanes) is 5. The largest absolute Gasteiger partial charge is 0.491 e. The molecule has 192 valence electrons. The van der Waals surface area contributed by atoms with E-state index in [0.29, 0.717) is 34.5 Å². The van der Waals surface area contributed by atoms with Crippen molar-refractivity contribution in [3.05, 3.63) is 59.7 Å². The molecule has 0 saturated heterocycles. The fraction of sp³-hybridized carbons (Fsp3) is 0.414. The van der Waals surface area contributed by atoms with E-state index in [-0.39, 0.29) is 5.96 Å². The maximum Gasteiger partial charge on any atom is 0.280 e. The molecule has 1 aromatic heterocycles. The number of aryl methyl sites for hydroxylation is 1. The van der Waals surface area contributed by atoms with Gasteiger partial charge in [-0.15, -0.1) is 0 Å². The number of carbonyl (C=O) groups is 1. The fourth-order valence-corrected chi connectivity index (χ4v) is 4.09. The maximum absolute atomic E-state index is 12.9. The smallest absolute Gasteiger partial charge is 0.280 e. The number of aliphatic imine (C=N–C) groups is 1. The van der Waals surface area contributed by atoms with Gasteiger partial charge in [0.25, 0.3) is 5.91 Å². The zero-order valence-electron chi connectivity index (χ0n) is 21.5. The number of nitrogens with two attached hydrogens (primary N) is 2. The first-order valence-corrected chi connectivity index (χ1v) is 12.9. The molecule has 0 bridgehead atoms. The lowest BCUT2D eigenvalue weighted by molar-refractivity contribution is 0.100. The molecule has 0 fully saturated rings. The molecule has 1 heterocycles. The predicted octanol–water partition coefficient (Wildman–Crippen LogP) is 5.77. The third-order valence-corrected chi connectivity index (χ3v) is 6.02. The Bertz CT molecular complexity index is 1170. The summed E-state index contributed by atoms with van der Waals surface area (Å²) in [6, 6.07) is 15.2. The van der Waals surface area contributed by atoms with E-state index < -0.39 is 5.91 Å². The Labute approximate surface area is 213 Å². The quantitative estimate of drug-likeness (QED) is 0.168. The van der Waals surface area contributed by atoms with Gasteiger partial charge in [0.1, 0.15) is 11.3 Å². The van der Waals surface area contributed by atoms with Crippen LogP contribution in [0.15, 0.2) is 53.5 Å². The molecule has 0 unspecified atom stereocenters. The van der Waals surface area contributed by atoms with Gasteiger partial charge in [-0.25, -0.2) is 4.98 Å². The van der Waals surface area contributed by atoms with E-state index in [0.717, 1.165) is 50.0 Å². The molecule has 1 amide bonds. The first kappa shape index (κ1) is 27.1. The van der Waals surface area contributed by atoms with Crippen LogP contribution in [0.2, 0.25) is 0 Å². The van der Waals surface area contributed by atoms with Gasteiger partial charge in [-0.3, -0.25) is 4.79 Å². The number of amides is 1. The van der Waals surface area contributed by atoms with Crippen LogP contribution in [-0.2, 0) is 4.74 Å². The van der Waals surface area contributed by atoms with Crippen LogP contribution in [0, 0.1) is 6.92 Å². The summed E-state index contributed by atoms with van der Waals surface area (Å²) in [4.78, 5) is 21.5. The number of aromatic nitrogens is 1. The Morgan fingerprint density at radius 3 is 2.36 bits per heavy atom. The Morgan fingerprint density at radius 2 is 1.64 bits per heavy atom. The minimum absolute atomic E-state index is 0.278.